The highest BCUT2D eigenvalue weighted by Crippen LogP contribution is 2.26. The molecule has 2 aromatic rings. The normalized spacial score (nSPS) is 12.6. The van der Waals surface area contributed by atoms with E-state index in [2.05, 4.69) is 29.4 Å². The van der Waals surface area contributed by atoms with Gasteiger partial charge in [0, 0.05) is 16.8 Å². The van der Waals surface area contributed by atoms with Crippen molar-refractivity contribution in [1.82, 2.24) is 10.2 Å². The Morgan fingerprint density at radius 2 is 1.94 bits per heavy atom. The van der Waals surface area contributed by atoms with E-state index in [1.165, 1.54) is 0 Å². The minimum atomic E-state index is 0.388. The third-order valence-corrected chi connectivity index (χ3v) is 3.03. The van der Waals surface area contributed by atoms with Crippen molar-refractivity contribution in [2.75, 3.05) is 5.32 Å². The van der Waals surface area contributed by atoms with Gasteiger partial charge in [0.15, 0.2) is 11.0 Å². The van der Waals surface area contributed by atoms with Crippen molar-refractivity contribution in [2.24, 2.45) is 0 Å². The summed E-state index contributed by atoms with van der Waals surface area (Å²) in [5.41, 5.74) is 0. The molecular weight excluding hydrogens is 234 g/mol. The van der Waals surface area contributed by atoms with Crippen LogP contribution < -0.4 is 5.32 Å². The maximum absolute atomic E-state index is 6.03. The molecule has 1 atom stereocenters. The highest BCUT2D eigenvalue weighted by Gasteiger charge is 2.09. The van der Waals surface area contributed by atoms with Crippen LogP contribution in [-0.2, 0) is 0 Å². The Morgan fingerprint density at radius 3 is 2.65 bits per heavy atom. The fourth-order valence-corrected chi connectivity index (χ4v) is 2.12. The fraction of sp³-hybridized carbons (Fsp3) is 0.385. The van der Waals surface area contributed by atoms with Gasteiger partial charge in [-0.1, -0.05) is 49.2 Å². The third kappa shape index (κ3) is 2.67. The minimum absolute atomic E-state index is 0.388. The highest BCUT2D eigenvalue weighted by molar-refractivity contribution is 6.34. The highest BCUT2D eigenvalue weighted by atomic mass is 35.5. The van der Waals surface area contributed by atoms with Crippen molar-refractivity contribution >= 4 is 28.2 Å². The predicted molar refractivity (Wildman–Crippen MR) is 72.5 cm³/mol. The first kappa shape index (κ1) is 12.1. The Morgan fingerprint density at radius 1 is 1.24 bits per heavy atom. The molecular formula is C13H16ClN3. The molecule has 0 radical (unpaired) electrons. The molecule has 0 aliphatic rings. The molecule has 0 aliphatic heterocycles. The van der Waals surface area contributed by atoms with E-state index in [4.69, 9.17) is 11.6 Å². The first-order chi connectivity index (χ1) is 8.22. The first-order valence-electron chi connectivity index (χ1n) is 5.89. The zero-order valence-electron chi connectivity index (χ0n) is 10.1. The molecule has 1 unspecified atom stereocenters. The molecule has 2 rings (SSSR count). The van der Waals surface area contributed by atoms with E-state index >= 15 is 0 Å². The number of fused-ring (bicyclic) bond motifs is 1. The van der Waals surface area contributed by atoms with E-state index in [0.29, 0.717) is 11.2 Å². The number of hydrogen-bond acceptors (Lipinski definition) is 3. The summed E-state index contributed by atoms with van der Waals surface area (Å²) in [6.07, 6.45) is 2.26. The van der Waals surface area contributed by atoms with Gasteiger partial charge in [-0.2, -0.15) is 0 Å². The number of halogens is 1. The maximum Gasteiger partial charge on any atom is 0.159 e. The number of hydrogen-bond donors (Lipinski definition) is 1. The van der Waals surface area contributed by atoms with Gasteiger partial charge in [0.2, 0.25) is 0 Å². The predicted octanol–water partition coefficient (Wildman–Crippen LogP) is 3.88. The first-order valence-corrected chi connectivity index (χ1v) is 6.27. The second-order valence-corrected chi connectivity index (χ2v) is 4.58. The van der Waals surface area contributed by atoms with Gasteiger partial charge in [-0.15, -0.1) is 10.2 Å². The van der Waals surface area contributed by atoms with Crippen LogP contribution in [0.5, 0.6) is 0 Å². The number of nitrogens with zero attached hydrogens (tertiary/aromatic N) is 2. The monoisotopic (exact) mass is 249 g/mol. The van der Waals surface area contributed by atoms with Crippen LogP contribution in [0.3, 0.4) is 0 Å². The molecule has 0 aliphatic carbocycles. The van der Waals surface area contributed by atoms with Crippen molar-refractivity contribution in [2.45, 2.75) is 32.7 Å². The molecule has 1 aromatic heterocycles. The molecule has 17 heavy (non-hydrogen) atoms. The van der Waals surface area contributed by atoms with Crippen LogP contribution in [0.15, 0.2) is 24.3 Å². The molecule has 0 saturated heterocycles. The number of aromatic nitrogens is 2. The second kappa shape index (κ2) is 5.32. The fourth-order valence-electron chi connectivity index (χ4n) is 1.92. The summed E-state index contributed by atoms with van der Waals surface area (Å²) in [5, 5.41) is 13.9. The Kier molecular flexibility index (Phi) is 3.79. The van der Waals surface area contributed by atoms with Crippen molar-refractivity contribution in [3.05, 3.63) is 29.4 Å². The molecule has 3 nitrogen and oxygen atoms in total. The quantitative estimate of drug-likeness (QED) is 0.894. The van der Waals surface area contributed by atoms with E-state index in [1.807, 2.05) is 24.3 Å². The smallest absolute Gasteiger partial charge is 0.159 e. The number of nitrogens with one attached hydrogen (secondary N) is 1. The van der Waals surface area contributed by atoms with Gasteiger partial charge in [-0.3, -0.25) is 0 Å². The summed E-state index contributed by atoms with van der Waals surface area (Å²) >= 11 is 6.03. The van der Waals surface area contributed by atoms with Crippen LogP contribution in [-0.4, -0.2) is 16.2 Å². The topological polar surface area (TPSA) is 37.8 Å². The van der Waals surface area contributed by atoms with E-state index in [0.717, 1.165) is 29.4 Å². The third-order valence-electron chi connectivity index (χ3n) is 2.75. The van der Waals surface area contributed by atoms with Gasteiger partial charge in [0.05, 0.1) is 0 Å². The van der Waals surface area contributed by atoms with Crippen molar-refractivity contribution < 1.29 is 0 Å². The molecule has 0 amide bonds. The average molecular weight is 250 g/mol. The van der Waals surface area contributed by atoms with Crippen LogP contribution >= 0.6 is 11.6 Å². The molecule has 1 N–H and O–H groups in total. The van der Waals surface area contributed by atoms with Crippen LogP contribution in [0, 0.1) is 0 Å². The molecule has 1 heterocycles. The number of rotatable bonds is 4. The van der Waals surface area contributed by atoms with Crippen LogP contribution in [0.25, 0.3) is 10.8 Å². The number of anilines is 1. The lowest BCUT2D eigenvalue weighted by molar-refractivity contribution is 0.686. The van der Waals surface area contributed by atoms with E-state index in [9.17, 15) is 0 Å². The standard InChI is InChI=1S/C13H16ClN3/c1-3-6-9(2)15-13-11-8-5-4-7-10(11)12(14)16-17-13/h4-5,7-9H,3,6H2,1-2H3,(H,15,17). The van der Waals surface area contributed by atoms with Gasteiger partial charge in [-0.25, -0.2) is 0 Å². The van der Waals surface area contributed by atoms with Crippen LogP contribution in [0.2, 0.25) is 5.15 Å². The summed E-state index contributed by atoms with van der Waals surface area (Å²) in [5.74, 6) is 0.811. The zero-order chi connectivity index (χ0) is 12.3. The van der Waals surface area contributed by atoms with Crippen LogP contribution in [0.1, 0.15) is 26.7 Å². The van der Waals surface area contributed by atoms with E-state index in [1.54, 1.807) is 0 Å². The minimum Gasteiger partial charge on any atom is -0.366 e. The molecule has 0 saturated carbocycles. The van der Waals surface area contributed by atoms with E-state index < -0.39 is 0 Å². The lowest BCUT2D eigenvalue weighted by Crippen LogP contribution is -2.16. The molecule has 1 aromatic carbocycles. The lowest BCUT2D eigenvalue weighted by Gasteiger charge is -2.14. The van der Waals surface area contributed by atoms with Crippen LogP contribution in [0.4, 0.5) is 5.82 Å². The van der Waals surface area contributed by atoms with Gasteiger partial charge in [0.1, 0.15) is 0 Å². The van der Waals surface area contributed by atoms with Gasteiger partial charge in [-0.05, 0) is 13.3 Å². The van der Waals surface area contributed by atoms with Crippen molar-refractivity contribution in [1.29, 1.82) is 0 Å². The van der Waals surface area contributed by atoms with Crippen molar-refractivity contribution in [3.8, 4) is 0 Å². The van der Waals surface area contributed by atoms with Crippen molar-refractivity contribution in [3.63, 3.8) is 0 Å². The Balaban J connectivity index is 2.38. The summed E-state index contributed by atoms with van der Waals surface area (Å²) in [4.78, 5) is 0. The molecule has 4 heteroatoms. The second-order valence-electron chi connectivity index (χ2n) is 4.22. The number of benzene rings is 1. The molecule has 90 valence electrons. The Bertz CT molecular complexity index is 513. The molecule has 0 spiro atoms. The van der Waals surface area contributed by atoms with Gasteiger partial charge in [0.25, 0.3) is 0 Å². The maximum atomic E-state index is 6.03. The Hall–Kier alpha value is -1.35. The SMILES string of the molecule is CCCC(C)Nc1nnc(Cl)c2ccccc12. The summed E-state index contributed by atoms with van der Waals surface area (Å²) in [7, 11) is 0. The zero-order valence-corrected chi connectivity index (χ0v) is 10.8. The van der Waals surface area contributed by atoms with E-state index in [-0.39, 0.29) is 0 Å². The summed E-state index contributed by atoms with van der Waals surface area (Å²) in [6, 6.07) is 8.29. The molecule has 0 fully saturated rings. The average Bonchev–Trinajstić information content (AvgIpc) is 2.34. The lowest BCUT2D eigenvalue weighted by atomic mass is 10.1. The largest absolute Gasteiger partial charge is 0.366 e. The summed E-state index contributed by atoms with van der Waals surface area (Å²) in [6.45, 7) is 4.32. The molecule has 0 bridgehead atoms. The Labute approximate surface area is 106 Å². The summed E-state index contributed by atoms with van der Waals surface area (Å²) < 4.78 is 0. The van der Waals surface area contributed by atoms with Gasteiger partial charge >= 0.3 is 0 Å². The van der Waals surface area contributed by atoms with Gasteiger partial charge < -0.3 is 5.32 Å².